The van der Waals surface area contributed by atoms with E-state index in [0.29, 0.717) is 21.9 Å². The van der Waals surface area contributed by atoms with Crippen LogP contribution >= 0.6 is 27.5 Å². The molecule has 0 atom stereocenters. The first-order valence-electron chi connectivity index (χ1n) is 7.47. The smallest absolute Gasteiger partial charge is 0.170 e. The second-order valence-electron chi connectivity index (χ2n) is 5.40. The molecule has 0 amide bonds. The third-order valence-electron chi connectivity index (χ3n) is 3.87. The Balaban J connectivity index is 2.04. The van der Waals surface area contributed by atoms with Gasteiger partial charge in [-0.1, -0.05) is 54.1 Å². The van der Waals surface area contributed by atoms with Crippen LogP contribution in [0.2, 0.25) is 5.02 Å². The Labute approximate surface area is 157 Å². The number of hydrogen-bond donors (Lipinski definition) is 0. The van der Waals surface area contributed by atoms with E-state index in [4.69, 9.17) is 16.7 Å². The maximum atomic E-state index is 9.52. The summed E-state index contributed by atoms with van der Waals surface area (Å²) in [7, 11) is 0. The molecule has 0 N–H and O–H groups in total. The second-order valence-corrected chi connectivity index (χ2v) is 6.63. The molecule has 25 heavy (non-hydrogen) atoms. The third-order valence-corrected chi connectivity index (χ3v) is 4.86. The largest absolute Gasteiger partial charge is 0.235 e. The molecule has 0 fully saturated rings. The van der Waals surface area contributed by atoms with E-state index in [1.165, 1.54) is 0 Å². The van der Waals surface area contributed by atoms with E-state index in [0.717, 1.165) is 21.3 Å². The summed E-state index contributed by atoms with van der Waals surface area (Å²) in [4.78, 5) is 4.41. The lowest BCUT2D eigenvalue weighted by atomic mass is 10.1. The van der Waals surface area contributed by atoms with Gasteiger partial charge in [-0.05, 0) is 28.1 Å². The Morgan fingerprint density at radius 1 is 1.00 bits per heavy atom. The first kappa shape index (κ1) is 15.8. The molecule has 0 saturated heterocycles. The van der Waals surface area contributed by atoms with E-state index in [9.17, 15) is 5.26 Å². The Morgan fingerprint density at radius 3 is 2.40 bits per heavy atom. The fourth-order valence-electron chi connectivity index (χ4n) is 2.71. The van der Waals surface area contributed by atoms with Crippen LogP contribution in [0.1, 0.15) is 5.56 Å². The van der Waals surface area contributed by atoms with Crippen LogP contribution in [0.15, 0.2) is 65.3 Å². The number of fused-ring (bicyclic) bond motifs is 1. The molecular weight excluding hydrogens is 400 g/mol. The molecule has 4 nitrogen and oxygen atoms in total. The van der Waals surface area contributed by atoms with Crippen LogP contribution in [0.4, 0.5) is 0 Å². The predicted octanol–water partition coefficient (Wildman–Crippen LogP) is 5.35. The minimum absolute atomic E-state index is 0.449. The Hall–Kier alpha value is -2.68. The molecule has 0 aliphatic heterocycles. The van der Waals surface area contributed by atoms with Gasteiger partial charge in [-0.2, -0.15) is 10.4 Å². The van der Waals surface area contributed by atoms with E-state index in [2.05, 4.69) is 27.0 Å². The van der Waals surface area contributed by atoms with Crippen molar-refractivity contribution in [1.82, 2.24) is 14.6 Å². The molecule has 120 valence electrons. The first-order valence-corrected chi connectivity index (χ1v) is 8.65. The monoisotopic (exact) mass is 408 g/mol. The van der Waals surface area contributed by atoms with Crippen LogP contribution in [0.25, 0.3) is 28.2 Å². The highest BCUT2D eigenvalue weighted by Gasteiger charge is 2.19. The van der Waals surface area contributed by atoms with Crippen LogP contribution in [0.3, 0.4) is 0 Å². The number of hydrogen-bond acceptors (Lipinski definition) is 3. The summed E-state index contributed by atoms with van der Waals surface area (Å²) in [5.41, 5.74) is 4.39. The van der Waals surface area contributed by atoms with Gasteiger partial charge in [-0.3, -0.25) is 0 Å². The zero-order valence-corrected chi connectivity index (χ0v) is 15.2. The summed E-state index contributed by atoms with van der Waals surface area (Å²) < 4.78 is 2.49. The number of nitriles is 1. The summed E-state index contributed by atoms with van der Waals surface area (Å²) in [6.45, 7) is 0. The SMILES string of the molecule is N#Cc1cnc2c(Br)c(-c3ccccc3)nn2c1-c1ccc(Cl)cc1. The van der Waals surface area contributed by atoms with Crippen LogP contribution in [0, 0.1) is 11.3 Å². The van der Waals surface area contributed by atoms with Crippen molar-refractivity contribution in [2.24, 2.45) is 0 Å². The lowest BCUT2D eigenvalue weighted by molar-refractivity contribution is 0.947. The highest BCUT2D eigenvalue weighted by Crippen LogP contribution is 2.33. The molecule has 2 heterocycles. The zero-order valence-electron chi connectivity index (χ0n) is 12.8. The molecule has 2 aromatic carbocycles. The summed E-state index contributed by atoms with van der Waals surface area (Å²) in [5.74, 6) is 0. The first-order chi connectivity index (χ1) is 12.2. The van der Waals surface area contributed by atoms with E-state index < -0.39 is 0 Å². The van der Waals surface area contributed by atoms with Crippen LogP contribution in [-0.2, 0) is 0 Å². The van der Waals surface area contributed by atoms with Gasteiger partial charge in [-0.15, -0.1) is 0 Å². The van der Waals surface area contributed by atoms with Gasteiger partial charge in [0.25, 0.3) is 0 Å². The Kier molecular flexibility index (Phi) is 4.00. The van der Waals surface area contributed by atoms with Crippen LogP contribution in [-0.4, -0.2) is 14.6 Å². The zero-order chi connectivity index (χ0) is 17.4. The van der Waals surface area contributed by atoms with Crippen molar-refractivity contribution in [2.75, 3.05) is 0 Å². The summed E-state index contributed by atoms with van der Waals surface area (Å²) in [6, 6.07) is 19.4. The van der Waals surface area contributed by atoms with Crippen molar-refractivity contribution < 1.29 is 0 Å². The number of halogens is 2. The van der Waals surface area contributed by atoms with Crippen molar-refractivity contribution in [2.45, 2.75) is 0 Å². The second kappa shape index (κ2) is 6.32. The lowest BCUT2D eigenvalue weighted by Gasteiger charge is -2.07. The molecule has 0 aliphatic carbocycles. The standard InChI is InChI=1S/C19H10BrClN4/c20-16-17(12-4-2-1-3-5-12)24-25-18(13-6-8-15(21)9-7-13)14(10-22)11-23-19(16)25/h1-9,11H. The highest BCUT2D eigenvalue weighted by molar-refractivity contribution is 9.10. The van der Waals surface area contributed by atoms with Crippen LogP contribution in [0.5, 0.6) is 0 Å². The molecule has 6 heteroatoms. The average Bonchev–Trinajstić information content (AvgIpc) is 2.99. The minimum atomic E-state index is 0.449. The molecule has 4 rings (SSSR count). The van der Waals surface area contributed by atoms with E-state index in [-0.39, 0.29) is 0 Å². The molecule has 0 aliphatic rings. The predicted molar refractivity (Wildman–Crippen MR) is 101 cm³/mol. The summed E-state index contributed by atoms with van der Waals surface area (Å²) >= 11 is 9.60. The highest BCUT2D eigenvalue weighted by atomic mass is 79.9. The van der Waals surface area contributed by atoms with Gasteiger partial charge in [0.1, 0.15) is 11.8 Å². The van der Waals surface area contributed by atoms with Gasteiger partial charge < -0.3 is 0 Å². The maximum absolute atomic E-state index is 9.52. The van der Waals surface area contributed by atoms with Gasteiger partial charge in [0.05, 0.1) is 15.7 Å². The molecule has 0 saturated carbocycles. The van der Waals surface area contributed by atoms with Gasteiger partial charge in [0.15, 0.2) is 5.65 Å². The summed E-state index contributed by atoms with van der Waals surface area (Å²) in [6.07, 6.45) is 1.57. The normalized spacial score (nSPS) is 10.8. The van der Waals surface area contributed by atoms with E-state index >= 15 is 0 Å². The number of aromatic nitrogens is 3. The van der Waals surface area contributed by atoms with Crippen molar-refractivity contribution >= 4 is 33.2 Å². The molecule has 0 spiro atoms. The quantitative estimate of drug-likeness (QED) is 0.448. The molecule has 0 bridgehead atoms. The maximum Gasteiger partial charge on any atom is 0.170 e. The minimum Gasteiger partial charge on any atom is -0.235 e. The van der Waals surface area contributed by atoms with Crippen LogP contribution < -0.4 is 0 Å². The number of rotatable bonds is 2. The van der Waals surface area contributed by atoms with Crippen molar-refractivity contribution in [3.05, 3.63) is 75.9 Å². The fourth-order valence-corrected chi connectivity index (χ4v) is 3.41. The number of nitrogens with zero attached hydrogens (tertiary/aromatic N) is 4. The lowest BCUT2D eigenvalue weighted by Crippen LogP contribution is -2.00. The molecular formula is C19H10BrClN4. The molecule has 4 aromatic rings. The molecule has 0 unspecified atom stereocenters. The summed E-state index contributed by atoms with van der Waals surface area (Å²) in [5, 5.41) is 14.9. The average molecular weight is 410 g/mol. The van der Waals surface area contributed by atoms with Crippen molar-refractivity contribution in [1.29, 1.82) is 5.26 Å². The van der Waals surface area contributed by atoms with Gasteiger partial charge in [-0.25, -0.2) is 9.50 Å². The van der Waals surface area contributed by atoms with E-state index in [1.807, 2.05) is 42.5 Å². The third kappa shape index (κ3) is 2.70. The van der Waals surface area contributed by atoms with Gasteiger partial charge in [0, 0.05) is 22.3 Å². The van der Waals surface area contributed by atoms with Crippen molar-refractivity contribution in [3.63, 3.8) is 0 Å². The van der Waals surface area contributed by atoms with Crippen molar-refractivity contribution in [3.8, 4) is 28.6 Å². The molecule has 0 radical (unpaired) electrons. The van der Waals surface area contributed by atoms with E-state index in [1.54, 1.807) is 22.8 Å². The Bertz CT molecular complexity index is 1110. The fraction of sp³-hybridized carbons (Fsp3) is 0. The van der Waals surface area contributed by atoms with Gasteiger partial charge in [0.2, 0.25) is 0 Å². The Morgan fingerprint density at radius 2 is 1.72 bits per heavy atom. The number of benzene rings is 2. The van der Waals surface area contributed by atoms with Gasteiger partial charge >= 0.3 is 0 Å². The topological polar surface area (TPSA) is 54.0 Å². The molecule has 2 aromatic heterocycles.